The Kier molecular flexibility index (Phi) is 3.87. The van der Waals surface area contributed by atoms with Crippen LogP contribution in [0.3, 0.4) is 0 Å². The van der Waals surface area contributed by atoms with Crippen molar-refractivity contribution < 1.29 is 15.0 Å². The van der Waals surface area contributed by atoms with E-state index < -0.39 is 15.8 Å². The van der Waals surface area contributed by atoms with Gasteiger partial charge in [0.05, 0.1) is 5.57 Å². The van der Waals surface area contributed by atoms with Gasteiger partial charge in [0.1, 0.15) is 5.76 Å². The van der Waals surface area contributed by atoms with Gasteiger partial charge in [0.2, 0.25) is 3.79 Å². The Bertz CT molecular complexity index is 590. The molecule has 0 saturated heterocycles. The van der Waals surface area contributed by atoms with Crippen LogP contribution < -0.4 is 0 Å². The van der Waals surface area contributed by atoms with Gasteiger partial charge in [0.15, 0.2) is 12.0 Å². The Morgan fingerprint density at radius 2 is 1.79 bits per heavy atom. The summed E-state index contributed by atoms with van der Waals surface area (Å²) in [5, 5.41) is 19.3. The number of hydrogen-bond donors (Lipinski definition) is 2. The second kappa shape index (κ2) is 5.13. The highest BCUT2D eigenvalue weighted by molar-refractivity contribution is 6.68. The molecule has 1 aliphatic carbocycles. The van der Waals surface area contributed by atoms with E-state index in [9.17, 15) is 15.0 Å². The highest BCUT2D eigenvalue weighted by Crippen LogP contribution is 2.32. The lowest BCUT2D eigenvalue weighted by atomic mass is 10.1. The fourth-order valence-electron chi connectivity index (χ4n) is 1.63. The number of carbonyl (C=O) groups excluding carboxylic acids is 1. The molecule has 2 N–H and O–H groups in total. The number of Topliss-reactive ketones (excluding diaryl/α,β-unsaturated/α-hetero) is 1. The van der Waals surface area contributed by atoms with Gasteiger partial charge < -0.3 is 10.2 Å². The van der Waals surface area contributed by atoms with Crippen molar-refractivity contribution in [3.63, 3.8) is 0 Å². The molecule has 0 aromatic heterocycles. The van der Waals surface area contributed by atoms with Crippen LogP contribution in [-0.2, 0) is 0 Å². The number of nitrogens with zero attached hydrogens (tertiary/aromatic N) is 1. The van der Waals surface area contributed by atoms with Gasteiger partial charge in [0.25, 0.3) is 0 Å². The van der Waals surface area contributed by atoms with E-state index in [-0.39, 0.29) is 11.3 Å². The van der Waals surface area contributed by atoms with Gasteiger partial charge in [-0.05, 0) is 0 Å². The van der Waals surface area contributed by atoms with Crippen molar-refractivity contribution in [2.45, 2.75) is 10.0 Å². The minimum absolute atomic E-state index is 0.0468. The number of hydrogen-bond acceptors (Lipinski definition) is 4. The molecule has 1 unspecified atom stereocenters. The minimum Gasteiger partial charge on any atom is -0.506 e. The van der Waals surface area contributed by atoms with Crippen LogP contribution in [0.25, 0.3) is 5.76 Å². The molecule has 4 nitrogen and oxygen atoms in total. The molecule has 0 bridgehead atoms. The standard InChI is InChI=1S/C12H8Cl3NO3/c13-12(14,15)11(19)16-5-8-9(17)6-3-1-2-4-7(6)10(8)18/h1-5,11,17,19H/b16-5+. The van der Waals surface area contributed by atoms with Gasteiger partial charge in [0, 0.05) is 17.3 Å². The van der Waals surface area contributed by atoms with Crippen molar-refractivity contribution in [1.82, 2.24) is 0 Å². The summed E-state index contributed by atoms with van der Waals surface area (Å²) in [7, 11) is 0. The van der Waals surface area contributed by atoms with Crippen molar-refractivity contribution in [1.29, 1.82) is 0 Å². The summed E-state index contributed by atoms with van der Waals surface area (Å²) in [4.78, 5) is 15.5. The van der Waals surface area contributed by atoms with E-state index in [1.54, 1.807) is 24.3 Å². The zero-order valence-electron chi connectivity index (χ0n) is 9.35. The maximum atomic E-state index is 12.0. The van der Waals surface area contributed by atoms with Gasteiger partial charge in [-0.25, -0.2) is 0 Å². The summed E-state index contributed by atoms with van der Waals surface area (Å²) in [5.41, 5.74) is 0.733. The number of alkyl halides is 3. The van der Waals surface area contributed by atoms with Crippen LogP contribution in [0, 0.1) is 0 Å². The maximum Gasteiger partial charge on any atom is 0.236 e. The second-order valence-electron chi connectivity index (χ2n) is 3.83. The van der Waals surface area contributed by atoms with Crippen molar-refractivity contribution in [3.8, 4) is 0 Å². The van der Waals surface area contributed by atoms with Gasteiger partial charge in [-0.3, -0.25) is 9.79 Å². The third kappa shape index (κ3) is 2.77. The molecular formula is C12H8Cl3NO3. The molecule has 0 heterocycles. The summed E-state index contributed by atoms with van der Waals surface area (Å²) < 4.78 is -2.00. The van der Waals surface area contributed by atoms with E-state index in [4.69, 9.17) is 34.8 Å². The van der Waals surface area contributed by atoms with Crippen molar-refractivity contribution in [3.05, 3.63) is 41.0 Å². The first-order valence-corrected chi connectivity index (χ1v) is 6.31. The van der Waals surface area contributed by atoms with E-state index >= 15 is 0 Å². The monoisotopic (exact) mass is 319 g/mol. The third-order valence-corrected chi connectivity index (χ3v) is 3.15. The molecule has 0 saturated carbocycles. The van der Waals surface area contributed by atoms with Gasteiger partial charge in [-0.2, -0.15) is 0 Å². The zero-order valence-corrected chi connectivity index (χ0v) is 11.6. The fraction of sp³-hybridized carbons (Fsp3) is 0.167. The Hall–Kier alpha value is -1.07. The lowest BCUT2D eigenvalue weighted by molar-refractivity contribution is 0.104. The normalized spacial score (nSPS) is 17.2. The summed E-state index contributed by atoms with van der Waals surface area (Å²) >= 11 is 16.3. The summed E-state index contributed by atoms with van der Waals surface area (Å²) in [6.07, 6.45) is -0.626. The molecule has 100 valence electrons. The smallest absolute Gasteiger partial charge is 0.236 e. The van der Waals surface area contributed by atoms with E-state index in [0.717, 1.165) is 6.21 Å². The van der Waals surface area contributed by atoms with Crippen LogP contribution in [0.15, 0.2) is 34.8 Å². The second-order valence-corrected chi connectivity index (χ2v) is 6.20. The van der Waals surface area contributed by atoms with Crippen molar-refractivity contribution in [2.24, 2.45) is 4.99 Å². The van der Waals surface area contributed by atoms with Gasteiger partial charge >= 0.3 is 0 Å². The van der Waals surface area contributed by atoms with Crippen molar-refractivity contribution >= 4 is 52.6 Å². The number of aliphatic hydroxyl groups excluding tert-OH is 2. The molecule has 0 radical (unpaired) electrons. The quantitative estimate of drug-likeness (QED) is 0.650. The number of ketones is 1. The summed E-state index contributed by atoms with van der Waals surface area (Å²) in [5.74, 6) is -0.603. The number of halogens is 3. The Morgan fingerprint density at radius 3 is 2.32 bits per heavy atom. The number of fused-ring (bicyclic) bond motifs is 1. The fourth-order valence-corrected chi connectivity index (χ4v) is 1.80. The molecule has 2 rings (SSSR count). The topological polar surface area (TPSA) is 69.9 Å². The van der Waals surface area contributed by atoms with Crippen LogP contribution in [-0.4, -0.2) is 32.2 Å². The Morgan fingerprint density at radius 1 is 1.21 bits per heavy atom. The van der Waals surface area contributed by atoms with Crippen LogP contribution in [0.4, 0.5) is 0 Å². The molecule has 0 aliphatic heterocycles. The number of rotatable bonds is 2. The average molecular weight is 321 g/mol. The summed E-state index contributed by atoms with van der Waals surface area (Å²) in [6, 6.07) is 6.56. The average Bonchev–Trinajstić information content (AvgIpc) is 2.59. The molecule has 0 fully saturated rings. The molecule has 0 spiro atoms. The zero-order chi connectivity index (χ0) is 14.2. The molecule has 7 heteroatoms. The number of carbonyl (C=O) groups is 1. The Balaban J connectivity index is 2.32. The lowest BCUT2D eigenvalue weighted by Crippen LogP contribution is -2.23. The van der Waals surface area contributed by atoms with Gasteiger partial charge in [-0.1, -0.05) is 59.1 Å². The van der Waals surface area contributed by atoms with E-state index in [0.29, 0.717) is 11.1 Å². The highest BCUT2D eigenvalue weighted by Gasteiger charge is 2.32. The van der Waals surface area contributed by atoms with E-state index in [1.807, 2.05) is 0 Å². The minimum atomic E-state index is -2.00. The number of benzene rings is 1. The number of aliphatic hydroxyl groups is 2. The first-order chi connectivity index (χ1) is 8.82. The summed E-state index contributed by atoms with van der Waals surface area (Å²) in [6.45, 7) is 0. The third-order valence-electron chi connectivity index (χ3n) is 2.56. The van der Waals surface area contributed by atoms with E-state index in [1.165, 1.54) is 0 Å². The molecule has 1 aromatic rings. The van der Waals surface area contributed by atoms with Crippen LogP contribution in [0.2, 0.25) is 0 Å². The largest absolute Gasteiger partial charge is 0.506 e. The first-order valence-electron chi connectivity index (χ1n) is 5.17. The van der Waals surface area contributed by atoms with Gasteiger partial charge in [-0.15, -0.1) is 0 Å². The predicted molar refractivity (Wildman–Crippen MR) is 75.1 cm³/mol. The first kappa shape index (κ1) is 14.3. The van der Waals surface area contributed by atoms with Crippen LogP contribution in [0.1, 0.15) is 15.9 Å². The lowest BCUT2D eigenvalue weighted by Gasteiger charge is -2.13. The molecule has 0 amide bonds. The predicted octanol–water partition coefficient (Wildman–Crippen LogP) is 2.91. The highest BCUT2D eigenvalue weighted by atomic mass is 35.6. The SMILES string of the molecule is O=C1C(/C=N/C(O)C(Cl)(Cl)Cl)=C(O)c2ccccc21. The molecule has 1 aromatic carbocycles. The number of aliphatic imine (C=N–C) groups is 1. The Labute approximate surface area is 123 Å². The van der Waals surface area contributed by atoms with E-state index in [2.05, 4.69) is 4.99 Å². The number of allylic oxidation sites excluding steroid dienone is 1. The van der Waals surface area contributed by atoms with Crippen molar-refractivity contribution in [2.75, 3.05) is 0 Å². The molecule has 1 aliphatic rings. The maximum absolute atomic E-state index is 12.0. The molecular weight excluding hydrogens is 312 g/mol. The van der Waals surface area contributed by atoms with Crippen LogP contribution in [0.5, 0.6) is 0 Å². The molecule has 19 heavy (non-hydrogen) atoms. The molecule has 1 atom stereocenters. The van der Waals surface area contributed by atoms with Crippen LogP contribution >= 0.6 is 34.8 Å².